The van der Waals surface area contributed by atoms with E-state index < -0.39 is 39.7 Å². The van der Waals surface area contributed by atoms with E-state index in [9.17, 15) is 22.4 Å². The first-order chi connectivity index (χ1) is 11.2. The number of carboxylic acid groups (broad SMARTS) is 1. The molecule has 1 aromatic rings. The molecule has 1 heterocycles. The van der Waals surface area contributed by atoms with E-state index in [1.807, 2.05) is 0 Å². The van der Waals surface area contributed by atoms with Crippen LogP contribution in [0.1, 0.15) is 19.8 Å². The number of hydrogen-bond acceptors (Lipinski definition) is 4. The van der Waals surface area contributed by atoms with Crippen LogP contribution in [0.4, 0.5) is 4.39 Å². The summed E-state index contributed by atoms with van der Waals surface area (Å²) in [5.74, 6) is -2.79. The number of halogens is 1. The molecule has 1 amide bonds. The third-order valence-corrected chi connectivity index (χ3v) is 5.81. The summed E-state index contributed by atoms with van der Waals surface area (Å²) in [7, 11) is -3.82. The summed E-state index contributed by atoms with van der Waals surface area (Å²) >= 11 is 0. The van der Waals surface area contributed by atoms with Gasteiger partial charge in [-0.15, -0.1) is 0 Å². The highest BCUT2D eigenvalue weighted by atomic mass is 32.2. The molecular formula is C15H19FN2O5S. The van der Waals surface area contributed by atoms with E-state index in [0.717, 1.165) is 12.1 Å². The highest BCUT2D eigenvalue weighted by molar-refractivity contribution is 7.89. The Morgan fingerprint density at radius 2 is 1.96 bits per heavy atom. The lowest BCUT2D eigenvalue weighted by Crippen LogP contribution is -2.48. The fourth-order valence-electron chi connectivity index (χ4n) is 2.52. The van der Waals surface area contributed by atoms with Gasteiger partial charge in [-0.3, -0.25) is 9.59 Å². The largest absolute Gasteiger partial charge is 0.480 e. The van der Waals surface area contributed by atoms with Crippen molar-refractivity contribution in [3.63, 3.8) is 0 Å². The molecule has 1 aliphatic rings. The molecule has 1 fully saturated rings. The van der Waals surface area contributed by atoms with Crippen LogP contribution in [0.2, 0.25) is 0 Å². The van der Waals surface area contributed by atoms with E-state index in [-0.39, 0.29) is 18.0 Å². The zero-order chi connectivity index (χ0) is 17.9. The van der Waals surface area contributed by atoms with Crippen molar-refractivity contribution in [2.45, 2.75) is 30.7 Å². The normalized spacial score (nSPS) is 20.3. The molecule has 2 N–H and O–H groups in total. The topological polar surface area (TPSA) is 104 Å². The molecule has 0 aromatic heterocycles. The van der Waals surface area contributed by atoms with Gasteiger partial charge in [0.2, 0.25) is 15.9 Å². The van der Waals surface area contributed by atoms with Gasteiger partial charge in [0.25, 0.3) is 0 Å². The van der Waals surface area contributed by atoms with E-state index in [0.29, 0.717) is 12.8 Å². The number of carbonyl (C=O) groups is 2. The zero-order valence-electron chi connectivity index (χ0n) is 13.1. The lowest BCUT2D eigenvalue weighted by molar-refractivity contribution is -0.142. The predicted molar refractivity (Wildman–Crippen MR) is 83.1 cm³/mol. The second-order valence-electron chi connectivity index (χ2n) is 5.72. The maximum Gasteiger partial charge on any atom is 0.325 e. The van der Waals surface area contributed by atoms with Gasteiger partial charge in [0.05, 0.1) is 10.8 Å². The molecule has 1 unspecified atom stereocenters. The second kappa shape index (κ2) is 7.27. The second-order valence-corrected chi connectivity index (χ2v) is 7.66. The van der Waals surface area contributed by atoms with Crippen LogP contribution < -0.4 is 5.32 Å². The van der Waals surface area contributed by atoms with Crippen LogP contribution in [-0.2, 0) is 19.6 Å². The van der Waals surface area contributed by atoms with Crippen LogP contribution in [0.3, 0.4) is 0 Å². The third kappa shape index (κ3) is 4.09. The van der Waals surface area contributed by atoms with Crippen molar-refractivity contribution in [3.05, 3.63) is 30.1 Å². The molecule has 1 aliphatic heterocycles. The average Bonchev–Trinajstić information content (AvgIpc) is 2.55. The Morgan fingerprint density at radius 1 is 1.33 bits per heavy atom. The number of hydrogen-bond donors (Lipinski definition) is 2. The van der Waals surface area contributed by atoms with Gasteiger partial charge in [0.15, 0.2) is 0 Å². The molecule has 7 nitrogen and oxygen atoms in total. The molecule has 24 heavy (non-hydrogen) atoms. The summed E-state index contributed by atoms with van der Waals surface area (Å²) in [6.45, 7) is 1.58. The van der Waals surface area contributed by atoms with E-state index in [1.165, 1.54) is 23.4 Å². The number of rotatable bonds is 5. The molecule has 1 saturated heterocycles. The quantitative estimate of drug-likeness (QED) is 0.811. The number of amides is 1. The third-order valence-electron chi connectivity index (χ3n) is 3.94. The van der Waals surface area contributed by atoms with Crippen molar-refractivity contribution in [2.75, 3.05) is 13.1 Å². The average molecular weight is 358 g/mol. The van der Waals surface area contributed by atoms with Crippen LogP contribution in [-0.4, -0.2) is 48.8 Å². The van der Waals surface area contributed by atoms with Crippen molar-refractivity contribution in [3.8, 4) is 0 Å². The molecule has 2 atom stereocenters. The van der Waals surface area contributed by atoms with Crippen LogP contribution in [0, 0.1) is 11.7 Å². The van der Waals surface area contributed by atoms with Crippen molar-refractivity contribution >= 4 is 21.9 Å². The van der Waals surface area contributed by atoms with Crippen LogP contribution in [0.5, 0.6) is 0 Å². The maximum atomic E-state index is 13.0. The number of nitrogens with zero attached hydrogens (tertiary/aromatic N) is 1. The van der Waals surface area contributed by atoms with E-state index in [1.54, 1.807) is 0 Å². The Kier molecular flexibility index (Phi) is 5.55. The minimum atomic E-state index is -3.82. The van der Waals surface area contributed by atoms with Gasteiger partial charge in [-0.1, -0.05) is 0 Å². The predicted octanol–water partition coefficient (Wildman–Crippen LogP) is 0.816. The van der Waals surface area contributed by atoms with Crippen molar-refractivity contribution in [1.82, 2.24) is 9.62 Å². The molecule has 0 saturated carbocycles. The summed E-state index contributed by atoms with van der Waals surface area (Å²) in [5, 5.41) is 11.2. The summed E-state index contributed by atoms with van der Waals surface area (Å²) < 4.78 is 39.3. The number of carboxylic acids is 1. The summed E-state index contributed by atoms with van der Waals surface area (Å²) in [5.41, 5.74) is 0. The molecular weight excluding hydrogens is 339 g/mol. The first-order valence-corrected chi connectivity index (χ1v) is 8.94. The first kappa shape index (κ1) is 18.3. The molecule has 0 radical (unpaired) electrons. The number of sulfonamides is 1. The summed E-state index contributed by atoms with van der Waals surface area (Å²) in [6, 6.07) is 3.45. The van der Waals surface area contributed by atoms with Gasteiger partial charge < -0.3 is 10.4 Å². The Morgan fingerprint density at radius 3 is 2.54 bits per heavy atom. The lowest BCUT2D eigenvalue weighted by atomic mass is 9.98. The number of carbonyl (C=O) groups excluding carboxylic acids is 1. The van der Waals surface area contributed by atoms with Crippen LogP contribution in [0.25, 0.3) is 0 Å². The Bertz CT molecular complexity index is 720. The van der Waals surface area contributed by atoms with Crippen LogP contribution >= 0.6 is 0 Å². The van der Waals surface area contributed by atoms with Gasteiger partial charge in [-0.2, -0.15) is 4.31 Å². The van der Waals surface area contributed by atoms with Gasteiger partial charge >= 0.3 is 5.97 Å². The van der Waals surface area contributed by atoms with Gasteiger partial charge in [-0.05, 0) is 44.0 Å². The number of aliphatic carboxylic acids is 1. The molecule has 0 bridgehead atoms. The highest BCUT2D eigenvalue weighted by Crippen LogP contribution is 2.24. The zero-order valence-corrected chi connectivity index (χ0v) is 13.9. The Balaban J connectivity index is 2.11. The van der Waals surface area contributed by atoms with Crippen molar-refractivity contribution < 1.29 is 27.5 Å². The molecule has 2 rings (SSSR count). The van der Waals surface area contributed by atoms with Crippen molar-refractivity contribution in [1.29, 1.82) is 0 Å². The SMILES string of the molecule is C[C@@H](NC(=O)C1CCCN(S(=O)(=O)c2ccc(F)cc2)C1)C(=O)O. The molecule has 0 spiro atoms. The van der Waals surface area contributed by atoms with Crippen molar-refractivity contribution in [2.24, 2.45) is 5.92 Å². The Hall–Kier alpha value is -2.00. The highest BCUT2D eigenvalue weighted by Gasteiger charge is 2.34. The molecule has 132 valence electrons. The van der Waals surface area contributed by atoms with Crippen LogP contribution in [0.15, 0.2) is 29.2 Å². The summed E-state index contributed by atoms with van der Waals surface area (Å²) in [6.07, 6.45) is 0.966. The van der Waals surface area contributed by atoms with E-state index in [2.05, 4.69) is 5.32 Å². The van der Waals surface area contributed by atoms with Gasteiger partial charge in [-0.25, -0.2) is 12.8 Å². The molecule has 0 aliphatic carbocycles. The monoisotopic (exact) mass is 358 g/mol. The first-order valence-electron chi connectivity index (χ1n) is 7.50. The molecule has 9 heteroatoms. The molecule has 1 aromatic carbocycles. The standard InChI is InChI=1S/C15H19FN2O5S/c1-10(15(20)21)17-14(19)11-3-2-8-18(9-11)24(22,23)13-6-4-12(16)5-7-13/h4-7,10-11H,2-3,8-9H2,1H3,(H,17,19)(H,20,21)/t10-,11?/m1/s1. The smallest absolute Gasteiger partial charge is 0.325 e. The number of benzene rings is 1. The van der Waals surface area contributed by atoms with E-state index in [4.69, 9.17) is 5.11 Å². The number of piperidine rings is 1. The fraction of sp³-hybridized carbons (Fsp3) is 0.467. The van der Waals surface area contributed by atoms with Gasteiger partial charge in [0.1, 0.15) is 11.9 Å². The fourth-order valence-corrected chi connectivity index (χ4v) is 4.05. The number of nitrogens with one attached hydrogen (secondary N) is 1. The Labute approximate surface area is 139 Å². The maximum absolute atomic E-state index is 13.0. The minimum absolute atomic E-state index is 0.0299. The van der Waals surface area contributed by atoms with Gasteiger partial charge in [0, 0.05) is 13.1 Å². The lowest BCUT2D eigenvalue weighted by Gasteiger charge is -2.31. The minimum Gasteiger partial charge on any atom is -0.480 e. The van der Waals surface area contributed by atoms with E-state index >= 15 is 0 Å². The summed E-state index contributed by atoms with van der Waals surface area (Å²) in [4.78, 5) is 22.9.